The fraction of sp³-hybridized carbons (Fsp3) is 0.625. The molecule has 2 rings (SSSR count). The topological polar surface area (TPSA) is 54.5 Å². The lowest BCUT2D eigenvalue weighted by molar-refractivity contribution is -0.122. The molecule has 1 unspecified atom stereocenters. The molecule has 1 fully saturated rings. The lowest BCUT2D eigenvalue weighted by Gasteiger charge is -2.31. The van der Waals surface area contributed by atoms with Crippen LogP contribution < -0.4 is 5.32 Å². The highest BCUT2D eigenvalue weighted by molar-refractivity contribution is 5.93. The molecule has 0 radical (unpaired) electrons. The second-order valence-corrected chi connectivity index (χ2v) is 5.24. The number of aryl methyl sites for hydroxylation is 1. The van der Waals surface area contributed by atoms with Crippen LogP contribution in [0.2, 0.25) is 0 Å². The van der Waals surface area contributed by atoms with E-state index >= 15 is 0 Å². The van der Waals surface area contributed by atoms with Crippen LogP contribution in [0.5, 0.6) is 0 Å². The van der Waals surface area contributed by atoms with Crippen LogP contribution in [-0.2, 0) is 9.53 Å². The van der Waals surface area contributed by atoms with E-state index in [0.29, 0.717) is 19.0 Å². The van der Waals surface area contributed by atoms with Crippen LogP contribution in [0.15, 0.2) is 18.3 Å². The van der Waals surface area contributed by atoms with Gasteiger partial charge in [-0.15, -0.1) is 0 Å². The van der Waals surface area contributed by atoms with E-state index in [1.807, 2.05) is 26.0 Å². The molecule has 0 aliphatic carbocycles. The van der Waals surface area contributed by atoms with Crippen molar-refractivity contribution in [2.24, 2.45) is 0 Å². The quantitative estimate of drug-likeness (QED) is 0.930. The first-order valence-electron chi connectivity index (χ1n) is 7.63. The van der Waals surface area contributed by atoms with E-state index in [1.54, 1.807) is 6.20 Å². The van der Waals surface area contributed by atoms with Crippen LogP contribution in [0.4, 0.5) is 5.82 Å². The largest absolute Gasteiger partial charge is 0.379 e. The maximum absolute atomic E-state index is 12.1. The van der Waals surface area contributed by atoms with Gasteiger partial charge in [0, 0.05) is 19.3 Å². The molecule has 2 heterocycles. The molecule has 1 N–H and O–H groups in total. The predicted octanol–water partition coefficient (Wildman–Crippen LogP) is 2.47. The van der Waals surface area contributed by atoms with Gasteiger partial charge in [0.2, 0.25) is 5.91 Å². The number of pyridine rings is 1. The molecule has 0 saturated carbocycles. The summed E-state index contributed by atoms with van der Waals surface area (Å²) >= 11 is 0. The zero-order valence-corrected chi connectivity index (χ0v) is 13.6. The molecule has 5 heteroatoms. The van der Waals surface area contributed by atoms with Gasteiger partial charge in [0.15, 0.2) is 0 Å². The number of aromatic nitrogens is 1. The molecule has 21 heavy (non-hydrogen) atoms. The average molecular weight is 293 g/mol. The summed E-state index contributed by atoms with van der Waals surface area (Å²) in [5.41, 5.74) is 1.08. The summed E-state index contributed by atoms with van der Waals surface area (Å²) in [6, 6.07) is 3.60. The number of morpholine rings is 1. The standard InChI is InChI=1S/C13H19N3O2.C3H8/c1-10-3-4-12(14-9-10)15-13(17)11(2)16-5-7-18-8-6-16;1-3-2/h3-4,9,11H,5-8H2,1-2H3,(H,14,15,17);3H2,1-2H3. The molecule has 1 aliphatic rings. The molecular formula is C16H27N3O2. The summed E-state index contributed by atoms with van der Waals surface area (Å²) in [5.74, 6) is 0.582. The third kappa shape index (κ3) is 6.23. The third-order valence-corrected chi connectivity index (χ3v) is 3.14. The van der Waals surface area contributed by atoms with Crippen molar-refractivity contribution < 1.29 is 9.53 Å². The molecule has 1 aliphatic heterocycles. The first-order chi connectivity index (χ1) is 10.1. The van der Waals surface area contributed by atoms with Crippen LogP contribution in [0.25, 0.3) is 0 Å². The Morgan fingerprint density at radius 2 is 2.00 bits per heavy atom. The smallest absolute Gasteiger partial charge is 0.242 e. The Morgan fingerprint density at radius 3 is 2.52 bits per heavy atom. The van der Waals surface area contributed by atoms with Gasteiger partial charge < -0.3 is 10.1 Å². The second-order valence-electron chi connectivity index (χ2n) is 5.24. The Morgan fingerprint density at radius 1 is 1.38 bits per heavy atom. The summed E-state index contributed by atoms with van der Waals surface area (Å²) in [7, 11) is 0. The van der Waals surface area contributed by atoms with Crippen LogP contribution in [-0.4, -0.2) is 48.1 Å². The van der Waals surface area contributed by atoms with Crippen molar-refractivity contribution in [2.75, 3.05) is 31.6 Å². The van der Waals surface area contributed by atoms with Gasteiger partial charge >= 0.3 is 0 Å². The van der Waals surface area contributed by atoms with Crippen molar-refractivity contribution in [1.29, 1.82) is 0 Å². The van der Waals surface area contributed by atoms with E-state index in [1.165, 1.54) is 6.42 Å². The van der Waals surface area contributed by atoms with Gasteiger partial charge in [-0.3, -0.25) is 9.69 Å². The van der Waals surface area contributed by atoms with E-state index in [-0.39, 0.29) is 11.9 Å². The fourth-order valence-electron chi connectivity index (χ4n) is 1.90. The Hall–Kier alpha value is -1.46. The maximum atomic E-state index is 12.1. The highest BCUT2D eigenvalue weighted by Gasteiger charge is 2.23. The van der Waals surface area contributed by atoms with Crippen molar-refractivity contribution in [3.05, 3.63) is 23.9 Å². The number of rotatable bonds is 3. The van der Waals surface area contributed by atoms with Gasteiger partial charge in [-0.1, -0.05) is 26.3 Å². The summed E-state index contributed by atoms with van der Waals surface area (Å²) in [6.45, 7) is 11.1. The molecule has 1 atom stereocenters. The van der Waals surface area contributed by atoms with E-state index in [9.17, 15) is 4.79 Å². The number of amides is 1. The molecule has 5 nitrogen and oxygen atoms in total. The van der Waals surface area contributed by atoms with Crippen molar-refractivity contribution in [1.82, 2.24) is 9.88 Å². The summed E-state index contributed by atoms with van der Waals surface area (Å²) in [6.07, 6.45) is 3.00. The van der Waals surface area contributed by atoms with Crippen molar-refractivity contribution in [3.63, 3.8) is 0 Å². The molecule has 1 saturated heterocycles. The minimum Gasteiger partial charge on any atom is -0.379 e. The maximum Gasteiger partial charge on any atom is 0.242 e. The van der Waals surface area contributed by atoms with E-state index in [2.05, 4.69) is 29.0 Å². The van der Waals surface area contributed by atoms with Crippen LogP contribution in [0.3, 0.4) is 0 Å². The average Bonchev–Trinajstić information content (AvgIpc) is 2.50. The van der Waals surface area contributed by atoms with E-state index < -0.39 is 0 Å². The van der Waals surface area contributed by atoms with Crippen LogP contribution >= 0.6 is 0 Å². The number of hydrogen-bond acceptors (Lipinski definition) is 4. The first kappa shape index (κ1) is 17.6. The molecule has 0 aromatic carbocycles. The van der Waals surface area contributed by atoms with Crippen LogP contribution in [0, 0.1) is 6.92 Å². The summed E-state index contributed by atoms with van der Waals surface area (Å²) in [5, 5.41) is 2.83. The molecule has 1 aromatic rings. The van der Waals surface area contributed by atoms with Gasteiger partial charge in [-0.05, 0) is 25.5 Å². The number of hydrogen-bond donors (Lipinski definition) is 1. The zero-order valence-electron chi connectivity index (χ0n) is 13.6. The highest BCUT2D eigenvalue weighted by atomic mass is 16.5. The molecule has 1 aromatic heterocycles. The lowest BCUT2D eigenvalue weighted by Crippen LogP contribution is -2.47. The number of carbonyl (C=O) groups is 1. The van der Waals surface area contributed by atoms with Crippen LogP contribution in [0.1, 0.15) is 32.8 Å². The summed E-state index contributed by atoms with van der Waals surface area (Å²) < 4.78 is 5.28. The highest BCUT2D eigenvalue weighted by Crippen LogP contribution is 2.08. The zero-order chi connectivity index (χ0) is 15.7. The van der Waals surface area contributed by atoms with E-state index in [0.717, 1.165) is 18.7 Å². The van der Waals surface area contributed by atoms with Gasteiger partial charge in [0.1, 0.15) is 5.82 Å². The van der Waals surface area contributed by atoms with Gasteiger partial charge in [0.25, 0.3) is 0 Å². The third-order valence-electron chi connectivity index (χ3n) is 3.14. The monoisotopic (exact) mass is 293 g/mol. The van der Waals surface area contributed by atoms with Gasteiger partial charge in [-0.25, -0.2) is 4.98 Å². The Balaban J connectivity index is 0.000000677. The Bertz CT molecular complexity index is 414. The number of ether oxygens (including phenoxy) is 1. The number of anilines is 1. The minimum absolute atomic E-state index is 0.0201. The van der Waals surface area contributed by atoms with Crippen molar-refractivity contribution in [2.45, 2.75) is 40.2 Å². The van der Waals surface area contributed by atoms with Gasteiger partial charge in [0.05, 0.1) is 19.3 Å². The molecule has 0 spiro atoms. The van der Waals surface area contributed by atoms with Crippen molar-refractivity contribution >= 4 is 11.7 Å². The Kier molecular flexibility index (Phi) is 7.93. The SMILES string of the molecule is CCC.Cc1ccc(NC(=O)C(C)N2CCOCC2)nc1. The summed E-state index contributed by atoms with van der Waals surface area (Å²) in [4.78, 5) is 18.4. The Labute approximate surface area is 127 Å². The fourth-order valence-corrected chi connectivity index (χ4v) is 1.90. The number of nitrogens with zero attached hydrogens (tertiary/aromatic N) is 2. The first-order valence-corrected chi connectivity index (χ1v) is 7.63. The van der Waals surface area contributed by atoms with E-state index in [4.69, 9.17) is 4.74 Å². The number of nitrogens with one attached hydrogen (secondary N) is 1. The minimum atomic E-state index is -0.156. The molecule has 1 amide bonds. The lowest BCUT2D eigenvalue weighted by atomic mass is 10.2. The molecule has 0 bridgehead atoms. The predicted molar refractivity (Wildman–Crippen MR) is 85.4 cm³/mol. The van der Waals surface area contributed by atoms with Gasteiger partial charge in [-0.2, -0.15) is 0 Å². The molecular weight excluding hydrogens is 266 g/mol. The normalized spacial score (nSPS) is 16.6. The molecule has 118 valence electrons. The van der Waals surface area contributed by atoms with Crippen molar-refractivity contribution in [3.8, 4) is 0 Å². The number of carbonyl (C=O) groups excluding carboxylic acids is 1. The second kappa shape index (κ2) is 9.47.